The van der Waals surface area contributed by atoms with Crippen LogP contribution in [-0.4, -0.2) is 15.0 Å². The van der Waals surface area contributed by atoms with Crippen LogP contribution in [0.1, 0.15) is 5.82 Å². The van der Waals surface area contributed by atoms with E-state index >= 15 is 0 Å². The number of pyridine rings is 1. The van der Waals surface area contributed by atoms with Crippen molar-refractivity contribution in [3.63, 3.8) is 0 Å². The number of ether oxygens (including phenoxy) is 1. The first kappa shape index (κ1) is 13.8. The fourth-order valence-corrected chi connectivity index (χ4v) is 1.48. The van der Waals surface area contributed by atoms with Crippen molar-refractivity contribution in [2.24, 2.45) is 0 Å². The summed E-state index contributed by atoms with van der Waals surface area (Å²) in [7, 11) is 0. The summed E-state index contributed by atoms with van der Waals surface area (Å²) in [6.45, 7) is 0. The molecule has 0 fully saturated rings. The molecule has 9 heteroatoms. The predicted molar refractivity (Wildman–Crippen MR) is 61.4 cm³/mol. The second-order valence-electron chi connectivity index (χ2n) is 3.29. The van der Waals surface area contributed by atoms with Crippen molar-refractivity contribution >= 4 is 23.2 Å². The maximum Gasteiger partial charge on any atom is 0.451 e. The molecule has 0 saturated carbocycles. The lowest BCUT2D eigenvalue weighted by atomic mass is 10.4. The Morgan fingerprint density at radius 2 is 1.79 bits per heavy atom. The van der Waals surface area contributed by atoms with E-state index in [1.165, 1.54) is 18.5 Å². The van der Waals surface area contributed by atoms with E-state index in [0.717, 1.165) is 6.07 Å². The van der Waals surface area contributed by atoms with Gasteiger partial charge in [-0.2, -0.15) is 18.2 Å². The molecule has 0 aliphatic carbocycles. The van der Waals surface area contributed by atoms with Crippen molar-refractivity contribution < 1.29 is 17.9 Å². The smallest absolute Gasteiger partial charge is 0.437 e. The molecule has 0 amide bonds. The summed E-state index contributed by atoms with van der Waals surface area (Å²) in [5, 5.41) is -0.110. The van der Waals surface area contributed by atoms with Crippen molar-refractivity contribution in [3.8, 4) is 11.6 Å². The number of rotatable bonds is 2. The van der Waals surface area contributed by atoms with Gasteiger partial charge in [0.15, 0.2) is 0 Å². The molecule has 0 bridgehead atoms. The van der Waals surface area contributed by atoms with E-state index < -0.39 is 12.0 Å². The molecule has 2 aromatic heterocycles. The van der Waals surface area contributed by atoms with Crippen molar-refractivity contribution in [1.82, 2.24) is 15.0 Å². The second kappa shape index (κ2) is 5.18. The highest BCUT2D eigenvalue weighted by atomic mass is 35.5. The Morgan fingerprint density at radius 1 is 1.05 bits per heavy atom. The van der Waals surface area contributed by atoms with Crippen LogP contribution in [0.2, 0.25) is 10.2 Å². The van der Waals surface area contributed by atoms with Gasteiger partial charge >= 0.3 is 6.18 Å². The Kier molecular flexibility index (Phi) is 3.77. The Morgan fingerprint density at radius 3 is 2.42 bits per heavy atom. The van der Waals surface area contributed by atoms with Crippen LogP contribution in [0.4, 0.5) is 13.2 Å². The molecule has 0 aliphatic heterocycles. The molecule has 100 valence electrons. The van der Waals surface area contributed by atoms with Crippen LogP contribution >= 0.6 is 23.2 Å². The van der Waals surface area contributed by atoms with Crippen LogP contribution in [0, 0.1) is 0 Å². The van der Waals surface area contributed by atoms with E-state index in [1.807, 2.05) is 0 Å². The van der Waals surface area contributed by atoms with Gasteiger partial charge in [-0.1, -0.05) is 23.2 Å². The first-order valence-electron chi connectivity index (χ1n) is 4.75. The molecular formula is C10H4Cl2F3N3O. The molecule has 0 aromatic carbocycles. The van der Waals surface area contributed by atoms with Gasteiger partial charge in [-0.25, -0.2) is 4.98 Å². The van der Waals surface area contributed by atoms with E-state index in [0.29, 0.717) is 0 Å². The van der Waals surface area contributed by atoms with Crippen LogP contribution in [0.5, 0.6) is 11.6 Å². The quantitative estimate of drug-likeness (QED) is 0.787. The van der Waals surface area contributed by atoms with Crippen LogP contribution in [0.15, 0.2) is 24.5 Å². The minimum absolute atomic E-state index is 0.135. The van der Waals surface area contributed by atoms with Crippen molar-refractivity contribution in [1.29, 1.82) is 0 Å². The van der Waals surface area contributed by atoms with Gasteiger partial charge in [0.1, 0.15) is 10.9 Å². The van der Waals surface area contributed by atoms with E-state index in [4.69, 9.17) is 27.9 Å². The number of hydrogen-bond donors (Lipinski definition) is 0. The normalized spacial score (nSPS) is 11.4. The second-order valence-corrected chi connectivity index (χ2v) is 4.11. The SMILES string of the molecule is FC(F)(F)c1nc(Cl)cc(Oc2cncc(Cl)c2)n1. The number of alkyl halides is 3. The maximum atomic E-state index is 12.5. The average Bonchev–Trinajstić information content (AvgIpc) is 2.26. The zero-order valence-corrected chi connectivity index (χ0v) is 10.5. The van der Waals surface area contributed by atoms with Gasteiger partial charge in [-0.3, -0.25) is 4.98 Å². The summed E-state index contributed by atoms with van der Waals surface area (Å²) in [4.78, 5) is 10.0. The fraction of sp³-hybridized carbons (Fsp3) is 0.100. The summed E-state index contributed by atoms with van der Waals surface area (Å²) in [6.07, 6.45) is -2.09. The summed E-state index contributed by atoms with van der Waals surface area (Å²) in [5.41, 5.74) is 0. The lowest BCUT2D eigenvalue weighted by Gasteiger charge is -2.08. The van der Waals surface area contributed by atoms with Crippen molar-refractivity contribution in [2.45, 2.75) is 6.18 Å². The van der Waals surface area contributed by atoms with Gasteiger partial charge in [0, 0.05) is 18.3 Å². The number of halogens is 5. The Balaban J connectivity index is 2.33. The van der Waals surface area contributed by atoms with Gasteiger partial charge < -0.3 is 4.74 Å². The third-order valence-electron chi connectivity index (χ3n) is 1.83. The first-order valence-corrected chi connectivity index (χ1v) is 5.50. The monoisotopic (exact) mass is 309 g/mol. The Hall–Kier alpha value is -1.60. The summed E-state index contributed by atoms with van der Waals surface area (Å²) >= 11 is 11.1. The zero-order valence-electron chi connectivity index (χ0n) is 8.95. The fourth-order valence-electron chi connectivity index (χ4n) is 1.14. The van der Waals surface area contributed by atoms with Crippen LogP contribution < -0.4 is 4.74 Å². The topological polar surface area (TPSA) is 47.9 Å². The number of nitrogens with zero attached hydrogens (tertiary/aromatic N) is 3. The van der Waals surface area contributed by atoms with Gasteiger partial charge in [-0.05, 0) is 0 Å². The van der Waals surface area contributed by atoms with Gasteiger partial charge in [0.25, 0.3) is 0 Å². The molecule has 0 unspecified atom stereocenters. The molecule has 0 N–H and O–H groups in total. The Bertz CT molecular complexity index is 607. The maximum absolute atomic E-state index is 12.5. The molecule has 2 heterocycles. The molecule has 2 rings (SSSR count). The summed E-state index contributed by atoms with van der Waals surface area (Å²) in [5.74, 6) is -1.60. The van der Waals surface area contributed by atoms with Gasteiger partial charge in [0.2, 0.25) is 11.7 Å². The van der Waals surface area contributed by atoms with Crippen LogP contribution in [0.3, 0.4) is 0 Å². The predicted octanol–water partition coefficient (Wildman–Crippen LogP) is 3.99. The van der Waals surface area contributed by atoms with Gasteiger partial charge in [-0.15, -0.1) is 0 Å². The number of aromatic nitrogens is 3. The minimum Gasteiger partial charge on any atom is -0.437 e. The summed E-state index contributed by atoms with van der Waals surface area (Å²) in [6, 6.07) is 2.43. The molecule has 2 aromatic rings. The Labute approximate surface area is 115 Å². The van der Waals surface area contributed by atoms with E-state index in [-0.39, 0.29) is 21.8 Å². The highest BCUT2D eigenvalue weighted by molar-refractivity contribution is 6.30. The third kappa shape index (κ3) is 3.68. The third-order valence-corrected chi connectivity index (χ3v) is 2.23. The minimum atomic E-state index is -4.71. The standard InChI is InChI=1S/C10H4Cl2F3N3O/c11-5-1-6(4-16-3-5)19-8-2-7(12)17-9(18-8)10(13,14)15/h1-4H. The van der Waals surface area contributed by atoms with Crippen LogP contribution in [0.25, 0.3) is 0 Å². The molecule has 0 atom stereocenters. The molecule has 0 aliphatic rings. The van der Waals surface area contributed by atoms with Crippen molar-refractivity contribution in [2.75, 3.05) is 0 Å². The lowest BCUT2D eigenvalue weighted by molar-refractivity contribution is -0.145. The lowest BCUT2D eigenvalue weighted by Crippen LogP contribution is -2.11. The molecule has 0 saturated heterocycles. The highest BCUT2D eigenvalue weighted by Gasteiger charge is 2.35. The molecular weight excluding hydrogens is 306 g/mol. The van der Waals surface area contributed by atoms with Crippen molar-refractivity contribution in [3.05, 3.63) is 40.5 Å². The van der Waals surface area contributed by atoms with Gasteiger partial charge in [0.05, 0.1) is 11.2 Å². The zero-order chi connectivity index (χ0) is 14.0. The number of hydrogen-bond acceptors (Lipinski definition) is 4. The van der Waals surface area contributed by atoms with E-state index in [1.54, 1.807) is 0 Å². The highest BCUT2D eigenvalue weighted by Crippen LogP contribution is 2.30. The molecule has 4 nitrogen and oxygen atoms in total. The van der Waals surface area contributed by atoms with E-state index in [2.05, 4.69) is 15.0 Å². The van der Waals surface area contributed by atoms with Crippen LogP contribution in [-0.2, 0) is 6.18 Å². The molecule has 0 spiro atoms. The molecule has 0 radical (unpaired) electrons. The summed E-state index contributed by atoms with van der Waals surface area (Å²) < 4.78 is 42.5. The largest absolute Gasteiger partial charge is 0.451 e. The average molecular weight is 310 g/mol. The first-order chi connectivity index (χ1) is 8.84. The van der Waals surface area contributed by atoms with E-state index in [9.17, 15) is 13.2 Å². The molecule has 19 heavy (non-hydrogen) atoms.